The molecule has 0 radical (unpaired) electrons. The number of Topliss-reactive ketones (excluding diaryl/α,β-unsaturated/α-hetero) is 1. The second-order valence-electron chi connectivity index (χ2n) is 11.0. The molecule has 0 aromatic carbocycles. The first-order valence-electron chi connectivity index (χ1n) is 11.5. The summed E-state index contributed by atoms with van der Waals surface area (Å²) in [5.41, 5.74) is -4.93. The van der Waals surface area contributed by atoms with Gasteiger partial charge in [-0.25, -0.2) is 4.39 Å². The van der Waals surface area contributed by atoms with E-state index in [0.717, 1.165) is 5.57 Å². The Kier molecular flexibility index (Phi) is 5.20. The molecule has 0 aromatic rings. The number of aliphatic hydroxyl groups excluding tert-OH is 1. The van der Waals surface area contributed by atoms with Gasteiger partial charge in [-0.1, -0.05) is 25.5 Å². The van der Waals surface area contributed by atoms with E-state index in [9.17, 15) is 19.8 Å². The zero-order chi connectivity index (χ0) is 23.0. The molecule has 0 bridgehead atoms. The van der Waals surface area contributed by atoms with Crippen LogP contribution < -0.4 is 0 Å². The predicted octanol–water partition coefficient (Wildman–Crippen LogP) is 3.33. The van der Waals surface area contributed by atoms with Gasteiger partial charge < -0.3 is 14.9 Å². The highest BCUT2D eigenvalue weighted by Crippen LogP contribution is 2.70. The highest BCUT2D eigenvalue weighted by atomic mass is 19.1. The number of hydrogen-bond donors (Lipinski definition) is 2. The van der Waals surface area contributed by atoms with Gasteiger partial charge in [0.1, 0.15) is 12.2 Å². The van der Waals surface area contributed by atoms with Crippen molar-refractivity contribution in [3.8, 4) is 0 Å². The van der Waals surface area contributed by atoms with Gasteiger partial charge in [-0.15, -0.1) is 0 Å². The number of carbonyl (C=O) groups excluding carboxylic acids is 2. The summed E-state index contributed by atoms with van der Waals surface area (Å²) in [6, 6.07) is 0. The van der Waals surface area contributed by atoms with Gasteiger partial charge in [-0.2, -0.15) is 0 Å². The highest BCUT2D eigenvalue weighted by Gasteiger charge is 2.75. The maximum atomic E-state index is 17.1. The molecular weight excluding hydrogens is 399 g/mol. The van der Waals surface area contributed by atoms with Gasteiger partial charge >= 0.3 is 0 Å². The van der Waals surface area contributed by atoms with Crippen LogP contribution in [-0.2, 0) is 14.3 Å². The standard InChI is InChI=1S/C25H35FO5/c1-14(2)31-13-21(29)25(30)15(3)10-19-18-7-6-16-11-17(27)8-9-22(16,4)24(18,26)20(28)12-23(19,25)5/h8-9,11,14-15,18-20,28,30H,6-7,10,12-13H2,1-5H3/t15-,18+,19+,20+,22+,23+,24+,25+/m1/s1. The van der Waals surface area contributed by atoms with Crippen molar-refractivity contribution in [3.05, 3.63) is 23.8 Å². The number of halogens is 1. The Balaban J connectivity index is 1.75. The Bertz CT molecular complexity index is 864. The summed E-state index contributed by atoms with van der Waals surface area (Å²) in [7, 11) is 0. The summed E-state index contributed by atoms with van der Waals surface area (Å²) in [4.78, 5) is 25.1. The van der Waals surface area contributed by atoms with Crippen LogP contribution in [0.3, 0.4) is 0 Å². The molecule has 4 rings (SSSR count). The van der Waals surface area contributed by atoms with Gasteiger partial charge in [-0.05, 0) is 70.4 Å². The number of ether oxygens (including phenoxy) is 1. The van der Waals surface area contributed by atoms with Crippen LogP contribution in [0.2, 0.25) is 0 Å². The molecule has 0 aliphatic heterocycles. The molecule has 4 aliphatic rings. The Labute approximate surface area is 183 Å². The SMILES string of the molecule is CC(C)OCC(=O)[C@@]1(O)[C@H](C)C[C@H]2[C@@H]3CCC4=CC(=O)C=C[C@]4(C)[C@@]3(F)[C@@H](O)C[C@@]21C. The third-order valence-corrected chi connectivity index (χ3v) is 9.20. The van der Waals surface area contributed by atoms with E-state index in [-0.39, 0.29) is 42.5 Å². The lowest BCUT2D eigenvalue weighted by atomic mass is 9.44. The summed E-state index contributed by atoms with van der Waals surface area (Å²) in [5.74, 6) is -1.68. The Morgan fingerprint density at radius 3 is 2.65 bits per heavy atom. The Hall–Kier alpha value is -1.37. The fourth-order valence-corrected chi connectivity index (χ4v) is 7.49. The minimum absolute atomic E-state index is 0.0103. The van der Waals surface area contributed by atoms with Crippen molar-refractivity contribution in [1.82, 2.24) is 0 Å². The van der Waals surface area contributed by atoms with Gasteiger partial charge in [0, 0.05) is 16.7 Å². The first-order valence-corrected chi connectivity index (χ1v) is 11.5. The molecule has 6 heteroatoms. The first kappa shape index (κ1) is 22.8. The lowest BCUT2D eigenvalue weighted by Crippen LogP contribution is -2.69. The average molecular weight is 435 g/mol. The zero-order valence-corrected chi connectivity index (χ0v) is 19.2. The molecule has 172 valence electrons. The van der Waals surface area contributed by atoms with Crippen molar-refractivity contribution in [2.75, 3.05) is 6.61 Å². The fraction of sp³-hybridized carbons (Fsp3) is 0.760. The van der Waals surface area contributed by atoms with Gasteiger partial charge in [0.2, 0.25) is 0 Å². The molecule has 8 atom stereocenters. The molecule has 3 fully saturated rings. The van der Waals surface area contributed by atoms with Crippen molar-refractivity contribution in [3.63, 3.8) is 0 Å². The second kappa shape index (κ2) is 7.06. The van der Waals surface area contributed by atoms with E-state index in [2.05, 4.69) is 0 Å². The van der Waals surface area contributed by atoms with Gasteiger partial charge in [0.15, 0.2) is 17.2 Å². The number of ketones is 2. The highest BCUT2D eigenvalue weighted by molar-refractivity contribution is 6.01. The summed E-state index contributed by atoms with van der Waals surface area (Å²) >= 11 is 0. The zero-order valence-electron chi connectivity index (χ0n) is 19.2. The van der Waals surface area contributed by atoms with Gasteiger partial charge in [0.25, 0.3) is 0 Å². The quantitative estimate of drug-likeness (QED) is 0.709. The molecule has 0 saturated heterocycles. The van der Waals surface area contributed by atoms with Crippen LogP contribution in [0, 0.1) is 28.6 Å². The first-order chi connectivity index (χ1) is 14.3. The van der Waals surface area contributed by atoms with Gasteiger partial charge in [0.05, 0.1) is 12.2 Å². The smallest absolute Gasteiger partial charge is 0.190 e. The van der Waals surface area contributed by atoms with Gasteiger partial charge in [-0.3, -0.25) is 9.59 Å². The minimum Gasteiger partial charge on any atom is -0.390 e. The van der Waals surface area contributed by atoms with Crippen LogP contribution in [0.25, 0.3) is 0 Å². The van der Waals surface area contributed by atoms with Crippen molar-refractivity contribution < 1.29 is 28.9 Å². The van der Waals surface area contributed by atoms with Crippen LogP contribution in [0.1, 0.15) is 60.3 Å². The second-order valence-corrected chi connectivity index (χ2v) is 11.0. The van der Waals surface area contributed by atoms with Crippen LogP contribution >= 0.6 is 0 Å². The average Bonchev–Trinajstić information content (AvgIpc) is 2.89. The third-order valence-electron chi connectivity index (χ3n) is 9.20. The number of rotatable bonds is 4. The van der Waals surface area contributed by atoms with Crippen molar-refractivity contribution in [2.24, 2.45) is 28.6 Å². The lowest BCUT2D eigenvalue weighted by Gasteiger charge is -2.62. The van der Waals surface area contributed by atoms with Crippen molar-refractivity contribution in [2.45, 2.75) is 83.8 Å². The molecule has 5 nitrogen and oxygen atoms in total. The Morgan fingerprint density at radius 2 is 2.00 bits per heavy atom. The number of fused-ring (bicyclic) bond motifs is 5. The molecule has 0 spiro atoms. The van der Waals surface area contributed by atoms with Crippen molar-refractivity contribution >= 4 is 11.6 Å². The molecule has 2 N–H and O–H groups in total. The maximum absolute atomic E-state index is 17.1. The topological polar surface area (TPSA) is 83.8 Å². The minimum atomic E-state index is -1.96. The van der Waals surface area contributed by atoms with E-state index in [1.54, 1.807) is 13.0 Å². The molecule has 3 saturated carbocycles. The molecule has 0 aromatic heterocycles. The van der Waals surface area contributed by atoms with E-state index in [0.29, 0.717) is 19.3 Å². The summed E-state index contributed by atoms with van der Waals surface area (Å²) in [6.45, 7) is 8.92. The van der Waals surface area contributed by atoms with E-state index in [1.165, 1.54) is 12.2 Å². The predicted molar refractivity (Wildman–Crippen MR) is 114 cm³/mol. The van der Waals surface area contributed by atoms with E-state index >= 15 is 4.39 Å². The van der Waals surface area contributed by atoms with Crippen LogP contribution in [0.4, 0.5) is 4.39 Å². The number of hydrogen-bond acceptors (Lipinski definition) is 5. The number of alkyl halides is 1. The maximum Gasteiger partial charge on any atom is 0.190 e. The van der Waals surface area contributed by atoms with E-state index < -0.39 is 34.1 Å². The molecule has 0 amide bonds. The number of aliphatic hydroxyl groups is 2. The fourth-order valence-electron chi connectivity index (χ4n) is 7.49. The van der Waals surface area contributed by atoms with Crippen LogP contribution in [0.5, 0.6) is 0 Å². The molecule has 0 heterocycles. The lowest BCUT2D eigenvalue weighted by molar-refractivity contribution is -0.220. The molecule has 31 heavy (non-hydrogen) atoms. The molecular formula is C25H35FO5. The molecule has 0 unspecified atom stereocenters. The third kappa shape index (κ3) is 2.77. The molecule has 4 aliphatic carbocycles. The summed E-state index contributed by atoms with van der Waals surface area (Å²) in [6.07, 6.45) is 4.58. The Morgan fingerprint density at radius 1 is 1.32 bits per heavy atom. The number of allylic oxidation sites excluding steroid dienone is 4. The van der Waals surface area contributed by atoms with E-state index in [1.807, 2.05) is 27.7 Å². The summed E-state index contributed by atoms with van der Waals surface area (Å²) < 4.78 is 22.6. The normalized spacial score (nSPS) is 48.8. The van der Waals surface area contributed by atoms with Crippen LogP contribution in [0.15, 0.2) is 23.8 Å². The van der Waals surface area contributed by atoms with Crippen molar-refractivity contribution in [1.29, 1.82) is 0 Å². The summed E-state index contributed by atoms with van der Waals surface area (Å²) in [5, 5.41) is 23.1. The van der Waals surface area contributed by atoms with E-state index in [4.69, 9.17) is 4.74 Å². The largest absolute Gasteiger partial charge is 0.390 e. The number of carbonyl (C=O) groups is 2. The monoisotopic (exact) mass is 434 g/mol. The van der Waals surface area contributed by atoms with Crippen LogP contribution in [-0.4, -0.2) is 51.9 Å².